The van der Waals surface area contributed by atoms with Crippen LogP contribution < -0.4 is 0 Å². The summed E-state index contributed by atoms with van der Waals surface area (Å²) < 4.78 is 62.1. The van der Waals surface area contributed by atoms with E-state index < -0.39 is 29.9 Å². The van der Waals surface area contributed by atoms with E-state index in [-0.39, 0.29) is 55.3 Å². The maximum absolute atomic E-state index is 12.0. The molecule has 0 spiro atoms. The molecule has 0 fully saturated rings. The number of rotatable bonds is 8. The monoisotopic (exact) mass is 1020 g/mol. The number of aromatic hydroxyl groups is 1. The Morgan fingerprint density at radius 1 is 0.651 bits per heavy atom. The second-order valence-corrected chi connectivity index (χ2v) is 19.1. The van der Waals surface area contributed by atoms with Crippen molar-refractivity contribution in [1.29, 1.82) is 0 Å². The number of para-hydroxylation sites is 1. The average Bonchev–Trinajstić information content (AvgIpc) is 3.66. The second-order valence-electron chi connectivity index (χ2n) is 19.1. The number of phenolic OH excluding ortho intramolecular Hbond substituents is 1. The number of fused-ring (bicyclic) bond motifs is 1. The van der Waals surface area contributed by atoms with Crippen molar-refractivity contribution in [2.45, 2.75) is 106 Å². The normalized spacial score (nSPS) is 13.9. The zero-order valence-corrected chi connectivity index (χ0v) is 40.6. The quantitative estimate of drug-likeness (QED) is 0.154. The van der Waals surface area contributed by atoms with Gasteiger partial charge < -0.3 is 5.11 Å². The Bertz CT molecular complexity index is 3310. The van der Waals surface area contributed by atoms with Gasteiger partial charge >= 0.3 is 0 Å². The van der Waals surface area contributed by atoms with Crippen LogP contribution in [0.1, 0.15) is 124 Å². The number of aromatic nitrogens is 3. The molecule has 6 aromatic carbocycles. The number of imidazole rings is 1. The molecule has 0 aliphatic rings. The Kier molecular flexibility index (Phi) is 10.3. The zero-order valence-electron chi connectivity index (χ0n) is 45.3. The summed E-state index contributed by atoms with van der Waals surface area (Å²) in [6.07, 6.45) is 1.59. The number of benzene rings is 6. The fourth-order valence-electron chi connectivity index (χ4n) is 8.00. The standard InChI is InChI=1S/C58H60N3O.Pt/c1-35(2)42-27-43(36(3)4)29-44(28-42)40-21-22-52(37(5)25-40)61-53-20-16-19-49(54(53)60-56(61)50-34-47(57(7,8)9)26-38(6)55(50)62)45-30-46(32-48(31-45)58(10,11)12)51-33-41(23-24-59-51)39-17-14-13-15-18-39;/h13-29,31-36,62H,1-12H3;/q-1;/i13D,14D,15D,17D,18D,35D,36D;. The van der Waals surface area contributed by atoms with Crippen molar-refractivity contribution < 1.29 is 35.8 Å². The molecule has 0 saturated carbocycles. The van der Waals surface area contributed by atoms with Gasteiger partial charge in [-0.25, -0.2) is 4.98 Å². The van der Waals surface area contributed by atoms with E-state index in [1.807, 2.05) is 77.1 Å². The van der Waals surface area contributed by atoms with Gasteiger partial charge in [0.15, 0.2) is 0 Å². The Labute approximate surface area is 399 Å². The summed E-state index contributed by atoms with van der Waals surface area (Å²) in [7, 11) is 0. The van der Waals surface area contributed by atoms with Crippen molar-refractivity contribution in [1.82, 2.24) is 14.5 Å². The molecule has 2 aromatic heterocycles. The largest absolute Gasteiger partial charge is 0.507 e. The number of aryl methyl sites for hydroxylation is 2. The third kappa shape index (κ3) is 9.11. The van der Waals surface area contributed by atoms with Crippen molar-refractivity contribution in [3.8, 4) is 67.5 Å². The van der Waals surface area contributed by atoms with Crippen LogP contribution in [0.3, 0.4) is 0 Å². The van der Waals surface area contributed by atoms with Crippen LogP contribution in [0.2, 0.25) is 0 Å². The molecule has 5 heteroatoms. The van der Waals surface area contributed by atoms with E-state index in [0.717, 1.165) is 66.8 Å². The predicted molar refractivity (Wildman–Crippen MR) is 262 cm³/mol. The van der Waals surface area contributed by atoms with Crippen molar-refractivity contribution in [2.75, 3.05) is 0 Å². The first-order valence-electron chi connectivity index (χ1n) is 24.8. The maximum atomic E-state index is 12.0. The van der Waals surface area contributed by atoms with Crippen molar-refractivity contribution in [3.05, 3.63) is 167 Å². The molecular weight excluding hydrogens is 950 g/mol. The summed E-state index contributed by atoms with van der Waals surface area (Å²) in [5.41, 5.74) is 13.0. The van der Waals surface area contributed by atoms with E-state index in [4.69, 9.17) is 19.6 Å². The Morgan fingerprint density at radius 3 is 1.92 bits per heavy atom. The molecule has 0 aliphatic heterocycles. The SMILES string of the molecule is [2H]c1c([2H])c([2H])c(-c2ccnc(-c3[c-]c(-c4cccc5c4nc(-c4cc(C(C)(C)C)cc(C)c4O)n5-c4ccc(-c5cc(C([2H])(C)C)cc(C([2H])(C)C)c5)cc4C)cc(C(C)(C)C)c3)c2)c([2H])c1[2H].[Pt]. The van der Waals surface area contributed by atoms with Gasteiger partial charge in [0, 0.05) is 35.7 Å². The van der Waals surface area contributed by atoms with Gasteiger partial charge in [0.1, 0.15) is 11.6 Å². The molecular formula is C58H60N3OPt-. The van der Waals surface area contributed by atoms with Gasteiger partial charge in [0.2, 0.25) is 0 Å². The molecule has 8 aromatic rings. The second kappa shape index (κ2) is 17.5. The minimum atomic E-state index is -0.867. The topological polar surface area (TPSA) is 50.9 Å². The van der Waals surface area contributed by atoms with Gasteiger partial charge in [0.05, 0.1) is 29.1 Å². The van der Waals surface area contributed by atoms with E-state index in [2.05, 4.69) is 95.5 Å². The summed E-state index contributed by atoms with van der Waals surface area (Å²) >= 11 is 0. The first-order chi connectivity index (χ1) is 32.0. The van der Waals surface area contributed by atoms with Crippen LogP contribution in [0, 0.1) is 19.9 Å². The van der Waals surface area contributed by atoms with Crippen LogP contribution in [-0.4, -0.2) is 19.6 Å². The minimum Gasteiger partial charge on any atom is -0.507 e. The van der Waals surface area contributed by atoms with Gasteiger partial charge in [0.25, 0.3) is 0 Å². The summed E-state index contributed by atoms with van der Waals surface area (Å²) in [6.45, 7) is 24.3. The Morgan fingerprint density at radius 2 is 1.29 bits per heavy atom. The van der Waals surface area contributed by atoms with Crippen molar-refractivity contribution in [3.63, 3.8) is 0 Å². The van der Waals surface area contributed by atoms with Gasteiger partial charge in [-0.15, -0.1) is 29.3 Å². The van der Waals surface area contributed by atoms with Crippen molar-refractivity contribution in [2.24, 2.45) is 0 Å². The Hall–Kier alpha value is -5.57. The van der Waals surface area contributed by atoms with Crippen LogP contribution in [0.4, 0.5) is 0 Å². The van der Waals surface area contributed by atoms with Crippen LogP contribution in [-0.2, 0) is 31.9 Å². The smallest absolute Gasteiger partial charge is 0.148 e. The molecule has 4 nitrogen and oxygen atoms in total. The van der Waals surface area contributed by atoms with Gasteiger partial charge in [-0.2, -0.15) is 0 Å². The van der Waals surface area contributed by atoms with Crippen molar-refractivity contribution >= 4 is 11.0 Å². The number of hydrogen-bond acceptors (Lipinski definition) is 3. The number of phenols is 1. The third-order valence-electron chi connectivity index (χ3n) is 11.8. The van der Waals surface area contributed by atoms with E-state index >= 15 is 0 Å². The molecule has 8 rings (SSSR count). The van der Waals surface area contributed by atoms with Crippen LogP contribution in [0.5, 0.6) is 5.75 Å². The molecule has 0 aliphatic carbocycles. The first-order valence-corrected chi connectivity index (χ1v) is 21.3. The molecule has 0 radical (unpaired) electrons. The molecule has 324 valence electrons. The summed E-state index contributed by atoms with van der Waals surface area (Å²) in [4.78, 5) is 10.2. The van der Waals surface area contributed by atoms with Gasteiger partial charge in [-0.1, -0.05) is 159 Å². The zero-order chi connectivity index (χ0) is 50.4. The number of hydrogen-bond donors (Lipinski definition) is 1. The summed E-state index contributed by atoms with van der Waals surface area (Å²) in [5, 5.41) is 12.0. The third-order valence-corrected chi connectivity index (χ3v) is 11.8. The maximum Gasteiger partial charge on any atom is 0.148 e. The van der Waals surface area contributed by atoms with Crippen LogP contribution >= 0.6 is 0 Å². The average molecular weight is 1020 g/mol. The predicted octanol–water partition coefficient (Wildman–Crippen LogP) is 15.7. The molecule has 63 heavy (non-hydrogen) atoms. The molecule has 0 bridgehead atoms. The Balaban J connectivity index is 0.00000722. The summed E-state index contributed by atoms with van der Waals surface area (Å²) in [5.74, 6) is -1.02. The molecule has 0 amide bonds. The molecule has 0 atom stereocenters. The number of nitrogens with zero attached hydrogens (tertiary/aromatic N) is 3. The minimum absolute atomic E-state index is 0. The van der Waals surface area contributed by atoms with E-state index in [1.165, 1.54) is 0 Å². The van der Waals surface area contributed by atoms with E-state index in [9.17, 15) is 5.11 Å². The molecule has 0 unspecified atom stereocenters. The first kappa shape index (κ1) is 36.9. The molecule has 2 heterocycles. The van der Waals surface area contributed by atoms with Crippen LogP contribution in [0.15, 0.2) is 127 Å². The van der Waals surface area contributed by atoms with E-state index in [0.29, 0.717) is 33.7 Å². The van der Waals surface area contributed by atoms with E-state index in [1.54, 1.807) is 18.3 Å². The molecule has 1 N–H and O–H groups in total. The fraction of sp³-hybridized carbons (Fsp3) is 0.276. The molecule has 0 saturated heterocycles. The van der Waals surface area contributed by atoms with Gasteiger partial charge in [-0.05, 0) is 117 Å². The van der Waals surface area contributed by atoms with Crippen LogP contribution in [0.25, 0.3) is 72.7 Å². The summed E-state index contributed by atoms with van der Waals surface area (Å²) in [6, 6.07) is 32.0. The fourth-order valence-corrected chi connectivity index (χ4v) is 8.00. The number of pyridine rings is 1. The van der Waals surface area contributed by atoms with Gasteiger partial charge in [-0.3, -0.25) is 9.55 Å².